The first-order chi connectivity index (χ1) is 8.60. The maximum atomic E-state index is 6.21. The standard InChI is InChI=1S/C14H19N3O/c1-10-8-12(17(2)16-10)9-14(15)11-4-6-13(18-3)7-5-11/h4-8,14H,9,15H2,1-3H3. The number of nitrogens with two attached hydrogens (primary N) is 1. The van der Waals surface area contributed by atoms with E-state index in [0.717, 1.165) is 29.1 Å². The zero-order valence-corrected chi connectivity index (χ0v) is 11.1. The van der Waals surface area contributed by atoms with Gasteiger partial charge in [-0.1, -0.05) is 12.1 Å². The monoisotopic (exact) mass is 245 g/mol. The van der Waals surface area contributed by atoms with Crippen LogP contribution in [0.25, 0.3) is 0 Å². The molecule has 0 saturated carbocycles. The molecule has 0 aliphatic heterocycles. The lowest BCUT2D eigenvalue weighted by Gasteiger charge is -2.12. The zero-order valence-electron chi connectivity index (χ0n) is 11.1. The van der Waals surface area contributed by atoms with Crippen LogP contribution in [0.1, 0.15) is 23.0 Å². The molecular weight excluding hydrogens is 226 g/mol. The van der Waals surface area contributed by atoms with Crippen LogP contribution in [0, 0.1) is 6.92 Å². The van der Waals surface area contributed by atoms with E-state index in [4.69, 9.17) is 10.5 Å². The topological polar surface area (TPSA) is 53.1 Å². The Morgan fingerprint density at radius 3 is 2.50 bits per heavy atom. The number of hydrogen-bond acceptors (Lipinski definition) is 3. The van der Waals surface area contributed by atoms with Crippen LogP contribution in [0.2, 0.25) is 0 Å². The number of ether oxygens (including phenoxy) is 1. The van der Waals surface area contributed by atoms with Crippen molar-refractivity contribution in [1.29, 1.82) is 0 Å². The smallest absolute Gasteiger partial charge is 0.118 e. The van der Waals surface area contributed by atoms with E-state index in [9.17, 15) is 0 Å². The molecule has 1 heterocycles. The average Bonchev–Trinajstić information content (AvgIpc) is 2.68. The predicted octanol–water partition coefficient (Wildman–Crippen LogP) is 1.98. The van der Waals surface area contributed by atoms with E-state index < -0.39 is 0 Å². The molecule has 1 aromatic heterocycles. The summed E-state index contributed by atoms with van der Waals surface area (Å²) in [5.41, 5.74) is 9.49. The lowest BCUT2D eigenvalue weighted by atomic mass is 10.0. The Hall–Kier alpha value is -1.81. The van der Waals surface area contributed by atoms with Crippen molar-refractivity contribution in [3.8, 4) is 5.75 Å². The Labute approximate surface area is 107 Å². The van der Waals surface area contributed by atoms with Gasteiger partial charge in [0.05, 0.1) is 12.8 Å². The van der Waals surface area contributed by atoms with Gasteiger partial charge < -0.3 is 10.5 Å². The maximum Gasteiger partial charge on any atom is 0.118 e. The molecule has 0 fully saturated rings. The van der Waals surface area contributed by atoms with Gasteiger partial charge in [0.2, 0.25) is 0 Å². The van der Waals surface area contributed by atoms with Crippen LogP contribution in [-0.2, 0) is 13.5 Å². The Morgan fingerprint density at radius 1 is 1.33 bits per heavy atom. The summed E-state index contributed by atoms with van der Waals surface area (Å²) in [4.78, 5) is 0. The molecule has 0 radical (unpaired) electrons. The van der Waals surface area contributed by atoms with Crippen molar-refractivity contribution in [2.24, 2.45) is 12.8 Å². The minimum Gasteiger partial charge on any atom is -0.497 e. The van der Waals surface area contributed by atoms with Gasteiger partial charge >= 0.3 is 0 Å². The Balaban J connectivity index is 2.11. The number of methoxy groups -OCH3 is 1. The highest BCUT2D eigenvalue weighted by atomic mass is 16.5. The van der Waals surface area contributed by atoms with Crippen molar-refractivity contribution in [2.45, 2.75) is 19.4 Å². The highest BCUT2D eigenvalue weighted by Gasteiger charge is 2.10. The van der Waals surface area contributed by atoms with E-state index in [2.05, 4.69) is 11.2 Å². The van der Waals surface area contributed by atoms with Gasteiger partial charge in [-0.05, 0) is 30.7 Å². The first kappa shape index (κ1) is 12.6. The number of benzene rings is 1. The van der Waals surface area contributed by atoms with Crippen molar-refractivity contribution in [1.82, 2.24) is 9.78 Å². The summed E-state index contributed by atoms with van der Waals surface area (Å²) in [6.07, 6.45) is 0.781. The summed E-state index contributed by atoms with van der Waals surface area (Å²) in [6.45, 7) is 1.99. The van der Waals surface area contributed by atoms with E-state index in [1.165, 1.54) is 0 Å². The molecule has 2 aromatic rings. The lowest BCUT2D eigenvalue weighted by Crippen LogP contribution is -2.15. The molecule has 2 rings (SSSR count). The number of nitrogens with zero attached hydrogens (tertiary/aromatic N) is 2. The van der Waals surface area contributed by atoms with Crippen LogP contribution in [0.3, 0.4) is 0 Å². The fraction of sp³-hybridized carbons (Fsp3) is 0.357. The largest absolute Gasteiger partial charge is 0.497 e. The molecule has 0 aliphatic carbocycles. The molecule has 18 heavy (non-hydrogen) atoms. The molecule has 0 saturated heterocycles. The van der Waals surface area contributed by atoms with Crippen LogP contribution < -0.4 is 10.5 Å². The summed E-state index contributed by atoms with van der Waals surface area (Å²) in [7, 11) is 3.61. The Kier molecular flexibility index (Phi) is 3.67. The van der Waals surface area contributed by atoms with Crippen LogP contribution in [0.15, 0.2) is 30.3 Å². The van der Waals surface area contributed by atoms with Crippen LogP contribution in [-0.4, -0.2) is 16.9 Å². The van der Waals surface area contributed by atoms with Crippen LogP contribution in [0.5, 0.6) is 5.75 Å². The third kappa shape index (κ3) is 2.71. The normalized spacial score (nSPS) is 12.4. The molecule has 4 nitrogen and oxygen atoms in total. The summed E-state index contributed by atoms with van der Waals surface area (Å²) >= 11 is 0. The fourth-order valence-electron chi connectivity index (χ4n) is 2.05. The van der Waals surface area contributed by atoms with Gasteiger partial charge in [-0.2, -0.15) is 5.10 Å². The molecule has 4 heteroatoms. The second kappa shape index (κ2) is 5.23. The summed E-state index contributed by atoms with van der Waals surface area (Å²) in [5.74, 6) is 0.849. The van der Waals surface area contributed by atoms with Gasteiger partial charge in [-0.3, -0.25) is 4.68 Å². The second-order valence-corrected chi connectivity index (χ2v) is 4.48. The van der Waals surface area contributed by atoms with Crippen molar-refractivity contribution >= 4 is 0 Å². The fourth-order valence-corrected chi connectivity index (χ4v) is 2.05. The molecular formula is C14H19N3O. The molecule has 1 unspecified atom stereocenters. The quantitative estimate of drug-likeness (QED) is 0.896. The molecule has 2 N–H and O–H groups in total. The van der Waals surface area contributed by atoms with E-state index in [-0.39, 0.29) is 6.04 Å². The Bertz CT molecular complexity index is 516. The SMILES string of the molecule is COc1ccc(C(N)Cc2cc(C)nn2C)cc1. The number of aryl methyl sites for hydroxylation is 2. The maximum absolute atomic E-state index is 6.21. The predicted molar refractivity (Wildman–Crippen MR) is 71.6 cm³/mol. The van der Waals surface area contributed by atoms with Crippen molar-refractivity contribution in [3.05, 3.63) is 47.3 Å². The molecule has 96 valence electrons. The molecule has 0 aliphatic rings. The summed E-state index contributed by atoms with van der Waals surface area (Å²) < 4.78 is 7.02. The van der Waals surface area contributed by atoms with E-state index >= 15 is 0 Å². The first-order valence-electron chi connectivity index (χ1n) is 5.99. The van der Waals surface area contributed by atoms with Gasteiger partial charge in [0, 0.05) is 25.2 Å². The van der Waals surface area contributed by atoms with Crippen molar-refractivity contribution < 1.29 is 4.74 Å². The lowest BCUT2D eigenvalue weighted by molar-refractivity contribution is 0.414. The number of rotatable bonds is 4. The van der Waals surface area contributed by atoms with Gasteiger partial charge in [0.1, 0.15) is 5.75 Å². The van der Waals surface area contributed by atoms with Crippen molar-refractivity contribution in [3.63, 3.8) is 0 Å². The second-order valence-electron chi connectivity index (χ2n) is 4.48. The molecule has 0 bridgehead atoms. The highest BCUT2D eigenvalue weighted by molar-refractivity contribution is 5.29. The van der Waals surface area contributed by atoms with Gasteiger partial charge in [-0.15, -0.1) is 0 Å². The summed E-state index contributed by atoms with van der Waals surface area (Å²) in [6, 6.07) is 9.93. The minimum absolute atomic E-state index is 0.0225. The highest BCUT2D eigenvalue weighted by Crippen LogP contribution is 2.19. The summed E-state index contributed by atoms with van der Waals surface area (Å²) in [5, 5.41) is 4.33. The van der Waals surface area contributed by atoms with Crippen molar-refractivity contribution in [2.75, 3.05) is 7.11 Å². The van der Waals surface area contributed by atoms with Gasteiger partial charge in [0.15, 0.2) is 0 Å². The van der Waals surface area contributed by atoms with E-state index in [1.54, 1.807) is 7.11 Å². The van der Waals surface area contributed by atoms with E-state index in [0.29, 0.717) is 0 Å². The third-order valence-corrected chi connectivity index (χ3v) is 3.07. The molecule has 1 atom stereocenters. The minimum atomic E-state index is -0.0225. The zero-order chi connectivity index (χ0) is 13.1. The number of hydrogen-bond donors (Lipinski definition) is 1. The third-order valence-electron chi connectivity index (χ3n) is 3.07. The Morgan fingerprint density at radius 2 is 2.00 bits per heavy atom. The molecule has 1 aromatic carbocycles. The van der Waals surface area contributed by atoms with Crippen LogP contribution >= 0.6 is 0 Å². The molecule has 0 amide bonds. The van der Waals surface area contributed by atoms with Crippen LogP contribution in [0.4, 0.5) is 0 Å². The number of aromatic nitrogens is 2. The van der Waals surface area contributed by atoms with Gasteiger partial charge in [-0.25, -0.2) is 0 Å². The first-order valence-corrected chi connectivity index (χ1v) is 5.99. The van der Waals surface area contributed by atoms with E-state index in [1.807, 2.05) is 42.9 Å². The molecule has 0 spiro atoms. The van der Waals surface area contributed by atoms with Gasteiger partial charge in [0.25, 0.3) is 0 Å². The average molecular weight is 245 g/mol.